The van der Waals surface area contributed by atoms with E-state index in [0.29, 0.717) is 11.8 Å². The van der Waals surface area contributed by atoms with Crippen molar-refractivity contribution in [3.8, 4) is 0 Å². The molecule has 0 bridgehead atoms. The molecule has 0 saturated heterocycles. The monoisotopic (exact) mass is 214 g/mol. The maximum Gasteiger partial charge on any atom is 0.242 e. The van der Waals surface area contributed by atoms with Crippen LogP contribution in [0.25, 0.3) is 0 Å². The van der Waals surface area contributed by atoms with Crippen molar-refractivity contribution in [3.63, 3.8) is 0 Å². The molecule has 0 aliphatic rings. The Morgan fingerprint density at radius 1 is 1.13 bits per heavy atom. The van der Waals surface area contributed by atoms with E-state index in [1.807, 2.05) is 4.90 Å². The second-order valence-electron chi connectivity index (χ2n) is 5.72. The molecule has 0 aromatic rings. The lowest BCUT2D eigenvalue weighted by molar-refractivity contribution is -0.136. The number of nitrogens with two attached hydrogens (primary N) is 1. The Morgan fingerprint density at radius 3 is 1.67 bits per heavy atom. The van der Waals surface area contributed by atoms with Crippen LogP contribution < -0.4 is 5.73 Å². The van der Waals surface area contributed by atoms with Crippen LogP contribution in [-0.4, -0.2) is 29.4 Å². The van der Waals surface area contributed by atoms with Crippen LogP contribution in [-0.2, 0) is 4.79 Å². The molecule has 0 radical (unpaired) electrons. The van der Waals surface area contributed by atoms with E-state index in [-0.39, 0.29) is 5.91 Å². The Bertz CT molecular complexity index is 194. The summed E-state index contributed by atoms with van der Waals surface area (Å²) in [5, 5.41) is 0. The molecule has 15 heavy (non-hydrogen) atoms. The average Bonchev–Trinajstić information content (AvgIpc) is 1.98. The highest BCUT2D eigenvalue weighted by molar-refractivity contribution is 5.85. The number of hydrogen-bond acceptors (Lipinski definition) is 2. The number of rotatable bonds is 5. The highest BCUT2D eigenvalue weighted by atomic mass is 16.2. The van der Waals surface area contributed by atoms with Gasteiger partial charge in [0.2, 0.25) is 5.91 Å². The SMILES string of the molecule is CC(C)CN(CC(C)C)C(=O)C(C)(C)N. The molecule has 0 heterocycles. The van der Waals surface area contributed by atoms with Crippen molar-refractivity contribution in [1.29, 1.82) is 0 Å². The maximum absolute atomic E-state index is 12.0. The van der Waals surface area contributed by atoms with Gasteiger partial charge in [0.25, 0.3) is 0 Å². The van der Waals surface area contributed by atoms with Crippen LogP contribution in [0.2, 0.25) is 0 Å². The lowest BCUT2D eigenvalue weighted by Gasteiger charge is -2.32. The van der Waals surface area contributed by atoms with Crippen molar-refractivity contribution >= 4 is 5.91 Å². The molecule has 2 N–H and O–H groups in total. The lowest BCUT2D eigenvalue weighted by Crippen LogP contribution is -2.52. The molecule has 90 valence electrons. The number of carbonyl (C=O) groups excluding carboxylic acids is 1. The Morgan fingerprint density at radius 2 is 1.47 bits per heavy atom. The largest absolute Gasteiger partial charge is 0.341 e. The highest BCUT2D eigenvalue weighted by Crippen LogP contribution is 2.10. The van der Waals surface area contributed by atoms with Crippen molar-refractivity contribution in [3.05, 3.63) is 0 Å². The van der Waals surface area contributed by atoms with Gasteiger partial charge in [-0.2, -0.15) is 0 Å². The van der Waals surface area contributed by atoms with Gasteiger partial charge in [-0.05, 0) is 25.7 Å². The smallest absolute Gasteiger partial charge is 0.242 e. The molecule has 0 aromatic heterocycles. The minimum atomic E-state index is -0.760. The molecule has 0 spiro atoms. The first-order valence-electron chi connectivity index (χ1n) is 5.72. The molecule has 0 aliphatic heterocycles. The Balaban J connectivity index is 4.55. The van der Waals surface area contributed by atoms with Crippen LogP contribution in [0, 0.1) is 11.8 Å². The van der Waals surface area contributed by atoms with E-state index in [1.54, 1.807) is 13.8 Å². The van der Waals surface area contributed by atoms with E-state index in [0.717, 1.165) is 13.1 Å². The lowest BCUT2D eigenvalue weighted by atomic mass is 10.0. The summed E-state index contributed by atoms with van der Waals surface area (Å²) >= 11 is 0. The highest BCUT2D eigenvalue weighted by Gasteiger charge is 2.28. The summed E-state index contributed by atoms with van der Waals surface area (Å²) in [6, 6.07) is 0. The van der Waals surface area contributed by atoms with Gasteiger partial charge in [0.15, 0.2) is 0 Å². The van der Waals surface area contributed by atoms with Gasteiger partial charge in [-0.3, -0.25) is 4.79 Å². The zero-order valence-electron chi connectivity index (χ0n) is 11.0. The van der Waals surface area contributed by atoms with Gasteiger partial charge in [-0.25, -0.2) is 0 Å². The third-order valence-corrected chi connectivity index (χ3v) is 2.01. The van der Waals surface area contributed by atoms with Crippen molar-refractivity contribution in [2.24, 2.45) is 17.6 Å². The zero-order valence-corrected chi connectivity index (χ0v) is 11.0. The van der Waals surface area contributed by atoms with Gasteiger partial charge in [0.05, 0.1) is 5.54 Å². The zero-order chi connectivity index (χ0) is 12.2. The molecule has 0 rings (SSSR count). The molecular weight excluding hydrogens is 188 g/mol. The number of carbonyl (C=O) groups is 1. The predicted molar refractivity (Wildman–Crippen MR) is 64.5 cm³/mol. The van der Waals surface area contributed by atoms with Gasteiger partial charge in [-0.1, -0.05) is 27.7 Å². The average molecular weight is 214 g/mol. The first-order valence-corrected chi connectivity index (χ1v) is 5.72. The molecule has 0 atom stereocenters. The molecule has 0 saturated carbocycles. The second kappa shape index (κ2) is 5.50. The van der Waals surface area contributed by atoms with Gasteiger partial charge in [0.1, 0.15) is 0 Å². The summed E-state index contributed by atoms with van der Waals surface area (Å²) in [6.45, 7) is 13.6. The summed E-state index contributed by atoms with van der Waals surface area (Å²) in [6.07, 6.45) is 0. The summed E-state index contributed by atoms with van der Waals surface area (Å²) in [5.74, 6) is 1.01. The molecular formula is C12H26N2O. The minimum absolute atomic E-state index is 0.0462. The molecule has 1 amide bonds. The van der Waals surface area contributed by atoms with E-state index in [2.05, 4.69) is 27.7 Å². The molecule has 0 aliphatic carbocycles. The first kappa shape index (κ1) is 14.4. The molecule has 0 aromatic carbocycles. The van der Waals surface area contributed by atoms with Crippen LogP contribution in [0.15, 0.2) is 0 Å². The van der Waals surface area contributed by atoms with Crippen molar-refractivity contribution < 1.29 is 4.79 Å². The molecule has 3 heteroatoms. The molecule has 0 fully saturated rings. The fourth-order valence-corrected chi connectivity index (χ4v) is 1.53. The maximum atomic E-state index is 12.0. The van der Waals surface area contributed by atoms with E-state index in [4.69, 9.17) is 5.73 Å². The van der Waals surface area contributed by atoms with Crippen LogP contribution >= 0.6 is 0 Å². The van der Waals surface area contributed by atoms with Crippen molar-refractivity contribution in [2.75, 3.05) is 13.1 Å². The standard InChI is InChI=1S/C12H26N2O/c1-9(2)7-14(8-10(3)4)11(15)12(5,6)13/h9-10H,7-8,13H2,1-6H3. The number of hydrogen-bond donors (Lipinski definition) is 1. The van der Waals surface area contributed by atoms with Gasteiger partial charge in [0, 0.05) is 13.1 Å². The molecule has 3 nitrogen and oxygen atoms in total. The van der Waals surface area contributed by atoms with Crippen LogP contribution in [0.1, 0.15) is 41.5 Å². The van der Waals surface area contributed by atoms with Gasteiger partial charge >= 0.3 is 0 Å². The van der Waals surface area contributed by atoms with E-state index in [9.17, 15) is 4.79 Å². The Kier molecular flexibility index (Phi) is 5.29. The summed E-state index contributed by atoms with van der Waals surface area (Å²) in [5.41, 5.74) is 5.08. The third kappa shape index (κ3) is 5.78. The number of amides is 1. The fraction of sp³-hybridized carbons (Fsp3) is 0.917. The summed E-state index contributed by atoms with van der Waals surface area (Å²) in [4.78, 5) is 13.9. The number of nitrogens with zero attached hydrogens (tertiary/aromatic N) is 1. The molecule has 0 unspecified atom stereocenters. The van der Waals surface area contributed by atoms with Crippen LogP contribution in [0.5, 0.6) is 0 Å². The van der Waals surface area contributed by atoms with Gasteiger partial charge < -0.3 is 10.6 Å². The first-order chi connectivity index (χ1) is 6.64. The summed E-state index contributed by atoms with van der Waals surface area (Å²) < 4.78 is 0. The van der Waals surface area contributed by atoms with Crippen LogP contribution in [0.4, 0.5) is 0 Å². The second-order valence-corrected chi connectivity index (χ2v) is 5.72. The fourth-order valence-electron chi connectivity index (χ4n) is 1.53. The Hall–Kier alpha value is -0.570. The third-order valence-electron chi connectivity index (χ3n) is 2.01. The topological polar surface area (TPSA) is 46.3 Å². The Labute approximate surface area is 94.0 Å². The van der Waals surface area contributed by atoms with Crippen molar-refractivity contribution in [2.45, 2.75) is 47.1 Å². The predicted octanol–water partition coefficient (Wildman–Crippen LogP) is 1.86. The van der Waals surface area contributed by atoms with E-state index >= 15 is 0 Å². The van der Waals surface area contributed by atoms with Crippen LogP contribution in [0.3, 0.4) is 0 Å². The quantitative estimate of drug-likeness (QED) is 0.759. The van der Waals surface area contributed by atoms with E-state index in [1.165, 1.54) is 0 Å². The summed E-state index contributed by atoms with van der Waals surface area (Å²) in [7, 11) is 0. The minimum Gasteiger partial charge on any atom is -0.341 e. The van der Waals surface area contributed by atoms with Gasteiger partial charge in [-0.15, -0.1) is 0 Å². The van der Waals surface area contributed by atoms with E-state index < -0.39 is 5.54 Å². The van der Waals surface area contributed by atoms with Crippen molar-refractivity contribution in [1.82, 2.24) is 4.90 Å². The normalized spacial score (nSPS) is 12.3.